The van der Waals surface area contributed by atoms with Crippen LogP contribution in [0.3, 0.4) is 0 Å². The van der Waals surface area contributed by atoms with Crippen LogP contribution in [-0.4, -0.2) is 24.3 Å². The summed E-state index contributed by atoms with van der Waals surface area (Å²) in [5, 5.41) is 9.57. The molecule has 2 aliphatic rings. The molecular formula is C16H20O4. The number of hydrogen-bond acceptors (Lipinski definition) is 3. The van der Waals surface area contributed by atoms with Crippen LogP contribution in [0.25, 0.3) is 0 Å². The highest BCUT2D eigenvalue weighted by atomic mass is 16.5. The van der Waals surface area contributed by atoms with Crippen LogP contribution in [0.15, 0.2) is 18.2 Å². The summed E-state index contributed by atoms with van der Waals surface area (Å²) in [6, 6.07) is 5.59. The minimum Gasteiger partial charge on any atom is -0.490 e. The third-order valence-corrected chi connectivity index (χ3v) is 4.27. The summed E-state index contributed by atoms with van der Waals surface area (Å²) in [5.74, 6) is 0.504. The number of benzene rings is 1. The topological polar surface area (TPSA) is 55.8 Å². The largest absolute Gasteiger partial charge is 0.490 e. The van der Waals surface area contributed by atoms with Gasteiger partial charge in [-0.1, -0.05) is 18.9 Å². The van der Waals surface area contributed by atoms with Crippen molar-refractivity contribution in [2.75, 3.05) is 13.2 Å². The van der Waals surface area contributed by atoms with Gasteiger partial charge in [0.05, 0.1) is 19.1 Å². The van der Waals surface area contributed by atoms with Gasteiger partial charge in [-0.25, -0.2) is 0 Å². The molecule has 3 rings (SSSR count). The van der Waals surface area contributed by atoms with Gasteiger partial charge in [-0.3, -0.25) is 4.79 Å². The summed E-state index contributed by atoms with van der Waals surface area (Å²) in [4.78, 5) is 11.7. The smallest absolute Gasteiger partial charge is 0.311 e. The first-order valence-electron chi connectivity index (χ1n) is 7.38. The van der Waals surface area contributed by atoms with E-state index < -0.39 is 11.9 Å². The van der Waals surface area contributed by atoms with Crippen molar-refractivity contribution in [1.29, 1.82) is 0 Å². The van der Waals surface area contributed by atoms with E-state index >= 15 is 0 Å². The molecule has 20 heavy (non-hydrogen) atoms. The molecule has 1 heterocycles. The van der Waals surface area contributed by atoms with Crippen molar-refractivity contribution in [3.05, 3.63) is 23.8 Å². The zero-order valence-corrected chi connectivity index (χ0v) is 11.5. The van der Waals surface area contributed by atoms with Crippen LogP contribution < -0.4 is 9.47 Å². The maximum Gasteiger partial charge on any atom is 0.311 e. The maximum atomic E-state index is 11.7. The average Bonchev–Trinajstić information content (AvgIpc) is 2.83. The molecular weight excluding hydrogens is 256 g/mol. The first-order valence-corrected chi connectivity index (χ1v) is 7.38. The number of carboxylic acids is 1. The van der Waals surface area contributed by atoms with E-state index in [1.807, 2.05) is 18.2 Å². The molecule has 108 valence electrons. The standard InChI is InChI=1S/C16H20O4/c17-16(18)15(11-4-1-2-5-11)12-6-7-13-14(10-12)20-9-3-8-19-13/h6-7,10-11,15H,1-5,8-9H2,(H,17,18). The highest BCUT2D eigenvalue weighted by Crippen LogP contribution is 2.40. The molecule has 0 radical (unpaired) electrons. The Hall–Kier alpha value is -1.71. The van der Waals surface area contributed by atoms with Crippen molar-refractivity contribution in [1.82, 2.24) is 0 Å². The lowest BCUT2D eigenvalue weighted by atomic mass is 9.85. The molecule has 4 nitrogen and oxygen atoms in total. The second-order valence-corrected chi connectivity index (χ2v) is 5.62. The molecule has 1 aliphatic heterocycles. The SMILES string of the molecule is O=C(O)C(c1ccc2c(c1)OCCCO2)C1CCCC1. The summed E-state index contributed by atoms with van der Waals surface area (Å²) in [5.41, 5.74) is 0.841. The van der Waals surface area contributed by atoms with E-state index in [-0.39, 0.29) is 5.92 Å². The molecule has 0 bridgehead atoms. The summed E-state index contributed by atoms with van der Waals surface area (Å²) >= 11 is 0. The molecule has 1 aromatic rings. The van der Waals surface area contributed by atoms with Gasteiger partial charge in [0, 0.05) is 6.42 Å². The highest BCUT2D eigenvalue weighted by Gasteiger charge is 2.32. The second kappa shape index (κ2) is 5.73. The molecule has 1 atom stereocenters. The van der Waals surface area contributed by atoms with E-state index in [1.54, 1.807) is 0 Å². The molecule has 1 aromatic carbocycles. The van der Waals surface area contributed by atoms with E-state index in [9.17, 15) is 9.90 Å². The molecule has 1 unspecified atom stereocenters. The number of hydrogen-bond donors (Lipinski definition) is 1. The lowest BCUT2D eigenvalue weighted by Crippen LogP contribution is -2.19. The third-order valence-electron chi connectivity index (χ3n) is 4.27. The first-order chi connectivity index (χ1) is 9.75. The van der Waals surface area contributed by atoms with Gasteiger partial charge in [-0.15, -0.1) is 0 Å². The predicted molar refractivity (Wildman–Crippen MR) is 74.4 cm³/mol. The molecule has 0 aromatic heterocycles. The predicted octanol–water partition coefficient (Wildman–Crippen LogP) is 3.21. The summed E-state index contributed by atoms with van der Waals surface area (Å²) in [7, 11) is 0. The van der Waals surface area contributed by atoms with Crippen LogP contribution in [-0.2, 0) is 4.79 Å². The van der Waals surface area contributed by atoms with Crippen molar-refractivity contribution in [3.63, 3.8) is 0 Å². The number of aliphatic carboxylic acids is 1. The average molecular weight is 276 g/mol. The Labute approximate surface area is 118 Å². The van der Waals surface area contributed by atoms with Gasteiger partial charge < -0.3 is 14.6 Å². The van der Waals surface area contributed by atoms with E-state index in [4.69, 9.17) is 9.47 Å². The first kappa shape index (κ1) is 13.3. The molecule has 0 saturated heterocycles. The van der Waals surface area contributed by atoms with Gasteiger partial charge in [0.2, 0.25) is 0 Å². The minimum atomic E-state index is -0.730. The van der Waals surface area contributed by atoms with E-state index in [1.165, 1.54) is 0 Å². The molecule has 1 aliphatic carbocycles. The number of carboxylic acid groups (broad SMARTS) is 1. The van der Waals surface area contributed by atoms with Gasteiger partial charge in [-0.2, -0.15) is 0 Å². The number of rotatable bonds is 3. The highest BCUT2D eigenvalue weighted by molar-refractivity contribution is 5.77. The van der Waals surface area contributed by atoms with Gasteiger partial charge in [-0.05, 0) is 36.5 Å². The van der Waals surface area contributed by atoms with E-state index in [2.05, 4.69) is 0 Å². The fourth-order valence-electron chi connectivity index (χ4n) is 3.28. The zero-order valence-electron chi connectivity index (χ0n) is 11.5. The van der Waals surface area contributed by atoms with Crippen LogP contribution in [0.1, 0.15) is 43.6 Å². The van der Waals surface area contributed by atoms with E-state index in [0.717, 1.165) is 43.4 Å². The minimum absolute atomic E-state index is 0.247. The Bertz CT molecular complexity index is 491. The number of carbonyl (C=O) groups is 1. The lowest BCUT2D eigenvalue weighted by molar-refractivity contribution is -0.140. The second-order valence-electron chi connectivity index (χ2n) is 5.62. The van der Waals surface area contributed by atoms with Gasteiger partial charge in [0.1, 0.15) is 0 Å². The van der Waals surface area contributed by atoms with Crippen molar-refractivity contribution >= 4 is 5.97 Å². The van der Waals surface area contributed by atoms with Crippen LogP contribution in [0.5, 0.6) is 11.5 Å². The summed E-state index contributed by atoms with van der Waals surface area (Å²) < 4.78 is 11.3. The fraction of sp³-hybridized carbons (Fsp3) is 0.562. The summed E-state index contributed by atoms with van der Waals surface area (Å²) in [6.45, 7) is 1.27. The van der Waals surface area contributed by atoms with Crippen molar-refractivity contribution in [2.24, 2.45) is 5.92 Å². The van der Waals surface area contributed by atoms with Crippen LogP contribution in [0.4, 0.5) is 0 Å². The molecule has 0 spiro atoms. The van der Waals surface area contributed by atoms with Crippen LogP contribution >= 0.6 is 0 Å². The van der Waals surface area contributed by atoms with Crippen molar-refractivity contribution in [2.45, 2.75) is 38.0 Å². The molecule has 1 N–H and O–H groups in total. The zero-order chi connectivity index (χ0) is 13.9. The number of fused-ring (bicyclic) bond motifs is 1. The molecule has 1 saturated carbocycles. The van der Waals surface area contributed by atoms with Crippen LogP contribution in [0.2, 0.25) is 0 Å². The van der Waals surface area contributed by atoms with Gasteiger partial charge >= 0.3 is 5.97 Å². The Kier molecular flexibility index (Phi) is 3.81. The third kappa shape index (κ3) is 2.60. The Balaban J connectivity index is 1.90. The van der Waals surface area contributed by atoms with Gasteiger partial charge in [0.25, 0.3) is 0 Å². The molecule has 0 amide bonds. The van der Waals surface area contributed by atoms with Gasteiger partial charge in [0.15, 0.2) is 11.5 Å². The normalized spacial score (nSPS) is 20.4. The maximum absolute atomic E-state index is 11.7. The Morgan fingerprint density at radius 1 is 1.10 bits per heavy atom. The Morgan fingerprint density at radius 3 is 2.50 bits per heavy atom. The molecule has 1 fully saturated rings. The Morgan fingerprint density at radius 2 is 1.80 bits per heavy atom. The fourth-order valence-corrected chi connectivity index (χ4v) is 3.28. The van der Waals surface area contributed by atoms with E-state index in [0.29, 0.717) is 19.0 Å². The molecule has 4 heteroatoms. The number of ether oxygens (including phenoxy) is 2. The lowest BCUT2D eigenvalue weighted by Gasteiger charge is -2.20. The monoisotopic (exact) mass is 276 g/mol. The summed E-state index contributed by atoms with van der Waals surface area (Å²) in [6.07, 6.45) is 5.14. The van der Waals surface area contributed by atoms with Crippen molar-refractivity contribution in [3.8, 4) is 11.5 Å². The quantitative estimate of drug-likeness (QED) is 0.921. The van der Waals surface area contributed by atoms with Crippen LogP contribution in [0, 0.1) is 5.92 Å². The van der Waals surface area contributed by atoms with Crippen molar-refractivity contribution < 1.29 is 19.4 Å².